The minimum absolute atomic E-state index is 0. The van der Waals surface area contributed by atoms with Crippen LogP contribution in [-0.4, -0.2) is 186 Å². The van der Waals surface area contributed by atoms with Crippen LogP contribution in [0.2, 0.25) is 0 Å². The average Bonchev–Trinajstić information content (AvgIpc) is 0.976. The van der Waals surface area contributed by atoms with Crippen LogP contribution in [-0.2, 0) is 174 Å². The van der Waals surface area contributed by atoms with Crippen molar-refractivity contribution in [1.82, 2.24) is 39.9 Å². The van der Waals surface area contributed by atoms with Crippen LogP contribution in [0.25, 0.3) is 0 Å². The van der Waals surface area contributed by atoms with Gasteiger partial charge in [0, 0.05) is 0 Å². The fraction of sp³-hybridized carbons (Fsp3) is 0.818. The summed E-state index contributed by atoms with van der Waals surface area (Å²) in [4.78, 5) is 25.4. The zero-order valence-corrected chi connectivity index (χ0v) is 104. The van der Waals surface area contributed by atoms with Gasteiger partial charge in [0.2, 0.25) is 0 Å². The Morgan fingerprint density at radius 2 is 0.140 bits per heavy atom. The third kappa shape index (κ3) is 1500. The molecule has 4 rings (SSSR count). The van der Waals surface area contributed by atoms with Crippen molar-refractivity contribution in [3.63, 3.8) is 0 Å². The predicted molar refractivity (Wildman–Crippen MR) is 447 cm³/mol. The number of aromatic nitrogens is 8. The van der Waals surface area contributed by atoms with E-state index in [9.17, 15) is 163 Å². The van der Waals surface area contributed by atoms with E-state index in [1.165, 1.54) is 0 Å². The maximum absolute atomic E-state index is 10.1. The first-order chi connectivity index (χ1) is 56.7. The van der Waals surface area contributed by atoms with Gasteiger partial charge < -0.3 is 163 Å². The van der Waals surface area contributed by atoms with Crippen molar-refractivity contribution >= 4 is 0 Å². The minimum atomic E-state index is -0.537. The summed E-state index contributed by atoms with van der Waals surface area (Å²) in [6, 6.07) is 3.33. The van der Waals surface area contributed by atoms with E-state index in [4.69, 9.17) is 0 Å². The molecule has 792 valence electrons. The summed E-state index contributed by atoms with van der Waals surface area (Å²) in [6.07, 6.45) is -6.20. The summed E-state index contributed by atoms with van der Waals surface area (Å²) >= 11 is 0. The molecule has 0 atom stereocenters. The molecule has 0 bridgehead atoms. The van der Waals surface area contributed by atoms with E-state index in [0.717, 1.165) is 49.6 Å². The van der Waals surface area contributed by atoms with Gasteiger partial charge in [0.15, 0.2) is 0 Å². The van der Waals surface area contributed by atoms with Crippen LogP contribution in [0.15, 0.2) is 49.6 Å². The summed E-state index contributed by atoms with van der Waals surface area (Å²) in [7, 11) is 0. The van der Waals surface area contributed by atoms with Gasteiger partial charge in [0.25, 0.3) is 0 Å². The second-order valence-corrected chi connectivity index (χ2v) is 29.9. The Labute approximate surface area is 943 Å². The third-order valence-electron chi connectivity index (χ3n) is 2.47. The van der Waals surface area contributed by atoms with Crippen LogP contribution in [0.4, 0.5) is 0 Å². The maximum atomic E-state index is 10.1. The van der Waals surface area contributed by atoms with E-state index in [0.29, 0.717) is 0 Å². The summed E-state index contributed by atoms with van der Waals surface area (Å²) in [5.41, 5.74) is 0. The fourth-order valence-electron chi connectivity index (χ4n) is 1.29. The summed E-state index contributed by atoms with van der Waals surface area (Å²) < 4.78 is 0. The van der Waals surface area contributed by atoms with E-state index in [1.807, 2.05) is 0 Å². The van der Waals surface area contributed by atoms with Crippen LogP contribution in [0.3, 0.4) is 0 Å². The molecule has 0 saturated carbocycles. The normalized spacial score (nSPS) is 8.47. The Kier molecular flexibility index (Phi) is 324. The summed E-state index contributed by atoms with van der Waals surface area (Å²) in [5.74, 6) is -4.30. The second kappa shape index (κ2) is 193. The summed E-state index contributed by atoms with van der Waals surface area (Å²) in [6.45, 7) is 77.3. The van der Waals surface area contributed by atoms with Crippen LogP contribution < -0.4 is 163 Å². The number of rotatable bonds is 0. The van der Waals surface area contributed by atoms with Gasteiger partial charge in [-0.2, -0.15) is 0 Å². The smallest absolute Gasteiger partial charge is 0.859 e. The minimum Gasteiger partial charge on any atom is -0.859 e. The molecule has 0 aliphatic carbocycles. The van der Waals surface area contributed by atoms with Gasteiger partial charge in [-0.15, -0.1) is 146 Å². The van der Waals surface area contributed by atoms with Gasteiger partial charge in [0.05, 0.1) is 0 Å². The first-order valence-electron chi connectivity index (χ1n) is 41.2. The van der Waals surface area contributed by atoms with Gasteiger partial charge >= 0.3 is 174 Å². The van der Waals surface area contributed by atoms with Crippen molar-refractivity contribution in [3.8, 4) is 47.0 Å². The number of hydrogen-bond acceptors (Lipinski definition) is 40. The molecule has 0 amide bonds. The van der Waals surface area contributed by atoms with Gasteiger partial charge in [-0.25, -0.2) is 0 Å². The molecule has 0 N–H and O–H groups in total. The molecule has 0 unspecified atom stereocenters. The molecule has 0 radical (unpaired) electrons. The van der Waals surface area contributed by atoms with E-state index in [1.54, 1.807) is 332 Å². The van der Waals surface area contributed by atoms with Crippen molar-refractivity contribution in [2.45, 2.75) is 479 Å². The van der Waals surface area contributed by atoms with Crippen molar-refractivity contribution in [1.29, 1.82) is 0 Å². The molecule has 40 nitrogen and oxygen atoms in total. The van der Waals surface area contributed by atoms with E-state index in [-0.39, 0.29) is 174 Å². The standard InChI is InChI=1S/4C4H4N2O2.24C3H7O.8Ti/c4*7-3-1-4(8)6-2-5-3;24*1-3(2)4;;;;;;;;/h4*1-2H,(H2,5,6,7,8);24*3H,1-2H3;;;;;;;;/q;;;;24*-1;8*+4/p-8. The monoisotopic (exact) mass is 2240 g/mol. The average molecular weight is 2240 g/mol. The number of hydrogen-bond donors (Lipinski definition) is 0. The molecule has 4 aromatic heterocycles. The molecule has 48 heteroatoms. The SMILES string of the molecule is CC(C)[O-].CC(C)[O-].CC(C)[O-].CC(C)[O-].CC(C)[O-].CC(C)[O-].CC(C)[O-].CC(C)[O-].CC(C)[O-].CC(C)[O-].CC(C)[O-].CC(C)[O-].CC(C)[O-].CC(C)[O-].CC(C)[O-].CC(C)[O-].CC(C)[O-].CC(C)[O-].CC(C)[O-].CC(C)[O-].CC(C)[O-].CC(C)[O-].CC(C)[O-].CC(C)[O-].[O-]c1cc([O-])ncn1.[O-]c1cc([O-])ncn1.[O-]c1cc([O-])ncn1.[O-]c1cc([O-])ncn1.[Ti+4].[Ti+4].[Ti+4].[Ti+4].[Ti+4].[Ti+4].[Ti+4].[Ti+4]. The first kappa shape index (κ1) is 229. The van der Waals surface area contributed by atoms with E-state index in [2.05, 4.69) is 39.9 Å². The van der Waals surface area contributed by atoms with Gasteiger partial charge in [-0.3, -0.25) is 39.9 Å². The second-order valence-electron chi connectivity index (χ2n) is 29.9. The van der Waals surface area contributed by atoms with E-state index < -0.39 is 194 Å². The molecular weight excluding hydrogens is 2060 g/mol. The van der Waals surface area contributed by atoms with Crippen molar-refractivity contribution in [3.05, 3.63) is 49.6 Å². The van der Waals surface area contributed by atoms with Crippen LogP contribution >= 0.6 is 0 Å². The number of nitrogens with zero attached hydrogens (tertiary/aromatic N) is 8. The Balaban J connectivity index is -0.0000000276. The van der Waals surface area contributed by atoms with Gasteiger partial charge in [-0.1, -0.05) is 332 Å². The topological polar surface area (TPSA) is 841 Å². The molecule has 0 fully saturated rings. The van der Waals surface area contributed by atoms with Crippen molar-refractivity contribution < 1.29 is 337 Å². The van der Waals surface area contributed by atoms with Crippen LogP contribution in [0.5, 0.6) is 47.0 Å². The Morgan fingerprint density at radius 3 is 0.154 bits per heavy atom. The zero-order valence-electron chi connectivity index (χ0n) is 91.1. The molecule has 136 heavy (non-hydrogen) atoms. The molecule has 0 aliphatic rings. The van der Waals surface area contributed by atoms with Crippen molar-refractivity contribution in [2.75, 3.05) is 0 Å². The first-order valence-corrected chi connectivity index (χ1v) is 41.2. The Morgan fingerprint density at radius 1 is 0.110 bits per heavy atom. The molecule has 0 aliphatic heterocycles. The fourth-order valence-corrected chi connectivity index (χ4v) is 1.29. The van der Waals surface area contributed by atoms with Gasteiger partial charge in [0.1, 0.15) is 25.3 Å². The van der Waals surface area contributed by atoms with Gasteiger partial charge in [-0.05, 0) is 71.3 Å². The third-order valence-corrected chi connectivity index (χ3v) is 2.47. The van der Waals surface area contributed by atoms with Crippen LogP contribution in [0, 0.1) is 0 Å². The largest absolute Gasteiger partial charge is 4.00 e. The molecule has 4 heterocycles. The maximum Gasteiger partial charge on any atom is 4.00 e. The molecular formula is C88H176N8O32Ti8. The van der Waals surface area contributed by atoms with Crippen molar-refractivity contribution in [2.24, 2.45) is 0 Å². The molecule has 0 spiro atoms. The van der Waals surface area contributed by atoms with E-state index >= 15 is 0 Å². The molecule has 4 aromatic rings. The Hall–Kier alpha value is -0.526. The quantitative estimate of drug-likeness (QED) is 0.148. The molecule has 0 saturated heterocycles. The van der Waals surface area contributed by atoms with Crippen LogP contribution in [0.1, 0.15) is 332 Å². The molecule has 0 aromatic carbocycles. The zero-order chi connectivity index (χ0) is 110. The predicted octanol–water partition coefficient (Wildman–Crippen LogP) is -11.4. The Bertz CT molecular complexity index is 1760. The summed E-state index contributed by atoms with van der Waals surface area (Å²) in [5, 5.41) is 310.